The summed E-state index contributed by atoms with van der Waals surface area (Å²) in [6.07, 6.45) is 0.246. The van der Waals surface area contributed by atoms with Crippen molar-refractivity contribution in [3.05, 3.63) is 29.1 Å². The van der Waals surface area contributed by atoms with Crippen molar-refractivity contribution in [2.45, 2.75) is 20.3 Å². The number of carboxylic acid groups (broad SMARTS) is 1. The number of carboxylic acids is 1. The summed E-state index contributed by atoms with van der Waals surface area (Å²) < 4.78 is 18.4. The molecule has 0 saturated heterocycles. The molecule has 0 radical (unpaired) electrons. The van der Waals surface area contributed by atoms with Gasteiger partial charge in [0, 0.05) is 12.5 Å². The molecule has 5 heteroatoms. The summed E-state index contributed by atoms with van der Waals surface area (Å²) in [7, 11) is 0. The molecule has 86 valence electrons. The summed E-state index contributed by atoms with van der Waals surface area (Å²) in [4.78, 5) is 21.4. The largest absolute Gasteiger partial charge is 0.478 e. The lowest BCUT2D eigenvalue weighted by molar-refractivity contribution is -0.131. The maximum absolute atomic E-state index is 13.7. The highest BCUT2D eigenvalue weighted by atomic mass is 19.1. The first-order chi connectivity index (χ1) is 7.47. The monoisotopic (exact) mass is 226 g/mol. The quantitative estimate of drug-likeness (QED) is 0.632. The number of ether oxygens (including phenoxy) is 1. The van der Waals surface area contributed by atoms with Gasteiger partial charge in [-0.05, 0) is 18.6 Å². The third-order valence-electron chi connectivity index (χ3n) is 2.04. The molecular weight excluding hydrogens is 215 g/mol. The number of carbonyl (C=O) groups is 2. The highest BCUT2D eigenvalue weighted by Crippen LogP contribution is 2.25. The average Bonchev–Trinajstić information content (AvgIpc) is 2.16. The lowest BCUT2D eigenvalue weighted by Crippen LogP contribution is -2.08. The van der Waals surface area contributed by atoms with Gasteiger partial charge in [0.1, 0.15) is 11.6 Å². The highest BCUT2D eigenvalue weighted by Gasteiger charge is 2.18. The molecule has 0 aliphatic rings. The van der Waals surface area contributed by atoms with Crippen LogP contribution in [0.15, 0.2) is 12.1 Å². The number of rotatable bonds is 3. The SMILES string of the molecule is CCc1c(OC(C)=O)ccc(C(=O)O)c1F. The molecule has 0 saturated carbocycles. The smallest absolute Gasteiger partial charge is 0.338 e. The van der Waals surface area contributed by atoms with Crippen molar-refractivity contribution in [1.82, 2.24) is 0 Å². The van der Waals surface area contributed by atoms with E-state index in [1.807, 2.05) is 0 Å². The fraction of sp³-hybridized carbons (Fsp3) is 0.273. The Morgan fingerprint density at radius 2 is 2.06 bits per heavy atom. The van der Waals surface area contributed by atoms with Gasteiger partial charge in [-0.2, -0.15) is 0 Å². The Bertz CT molecular complexity index is 440. The molecule has 0 aromatic heterocycles. The van der Waals surface area contributed by atoms with Crippen molar-refractivity contribution in [2.24, 2.45) is 0 Å². The van der Waals surface area contributed by atoms with Gasteiger partial charge in [0.05, 0.1) is 5.56 Å². The number of carbonyl (C=O) groups excluding carboxylic acids is 1. The third kappa shape index (κ3) is 2.36. The number of halogens is 1. The van der Waals surface area contributed by atoms with E-state index in [1.54, 1.807) is 6.92 Å². The fourth-order valence-electron chi connectivity index (χ4n) is 1.35. The zero-order valence-corrected chi connectivity index (χ0v) is 8.91. The van der Waals surface area contributed by atoms with Crippen molar-refractivity contribution >= 4 is 11.9 Å². The van der Waals surface area contributed by atoms with Crippen molar-refractivity contribution in [3.8, 4) is 5.75 Å². The van der Waals surface area contributed by atoms with Gasteiger partial charge >= 0.3 is 11.9 Å². The summed E-state index contributed by atoms with van der Waals surface area (Å²) in [5.41, 5.74) is -0.331. The van der Waals surface area contributed by atoms with Crippen LogP contribution in [0, 0.1) is 5.82 Å². The number of benzene rings is 1. The molecule has 0 heterocycles. The minimum atomic E-state index is -1.35. The number of aromatic carboxylic acids is 1. The summed E-state index contributed by atoms with van der Waals surface area (Å²) in [6.45, 7) is 2.85. The summed E-state index contributed by atoms with van der Waals surface area (Å²) in [5, 5.41) is 8.71. The van der Waals surface area contributed by atoms with Crippen molar-refractivity contribution in [1.29, 1.82) is 0 Å². The summed E-state index contributed by atoms with van der Waals surface area (Å²) in [5.74, 6) is -2.70. The van der Waals surface area contributed by atoms with Crippen LogP contribution in [0.25, 0.3) is 0 Å². The maximum atomic E-state index is 13.7. The van der Waals surface area contributed by atoms with Crippen molar-refractivity contribution in [3.63, 3.8) is 0 Å². The van der Waals surface area contributed by atoms with E-state index < -0.39 is 23.3 Å². The zero-order valence-electron chi connectivity index (χ0n) is 8.91. The molecule has 0 atom stereocenters. The average molecular weight is 226 g/mol. The summed E-state index contributed by atoms with van der Waals surface area (Å²) >= 11 is 0. The molecule has 0 bridgehead atoms. The van der Waals surface area contributed by atoms with E-state index in [0.717, 1.165) is 6.07 Å². The molecule has 0 aliphatic carbocycles. The van der Waals surface area contributed by atoms with Crippen LogP contribution in [-0.2, 0) is 11.2 Å². The van der Waals surface area contributed by atoms with Crippen LogP contribution in [0.2, 0.25) is 0 Å². The van der Waals surface area contributed by atoms with Gasteiger partial charge < -0.3 is 9.84 Å². The Kier molecular flexibility index (Phi) is 3.60. The Labute approximate surface area is 91.7 Å². The second-order valence-electron chi connectivity index (χ2n) is 3.16. The Hall–Kier alpha value is -1.91. The number of hydrogen-bond acceptors (Lipinski definition) is 3. The fourth-order valence-corrected chi connectivity index (χ4v) is 1.35. The van der Waals surface area contributed by atoms with Crippen LogP contribution in [0.4, 0.5) is 4.39 Å². The number of hydrogen-bond donors (Lipinski definition) is 1. The molecule has 1 aromatic rings. The van der Waals surface area contributed by atoms with Crippen molar-refractivity contribution < 1.29 is 23.8 Å². The van der Waals surface area contributed by atoms with Gasteiger partial charge in [-0.25, -0.2) is 9.18 Å². The molecular formula is C11H11FO4. The van der Waals surface area contributed by atoms with Crippen molar-refractivity contribution in [2.75, 3.05) is 0 Å². The van der Waals surface area contributed by atoms with E-state index in [9.17, 15) is 14.0 Å². The van der Waals surface area contributed by atoms with E-state index in [0.29, 0.717) is 0 Å². The van der Waals surface area contributed by atoms with Crippen LogP contribution >= 0.6 is 0 Å². The third-order valence-corrected chi connectivity index (χ3v) is 2.04. The van der Waals surface area contributed by atoms with Gasteiger partial charge in [0.2, 0.25) is 0 Å². The Balaban J connectivity index is 3.29. The maximum Gasteiger partial charge on any atom is 0.338 e. The molecule has 0 fully saturated rings. The normalized spacial score (nSPS) is 9.94. The highest BCUT2D eigenvalue weighted by molar-refractivity contribution is 5.88. The molecule has 1 rings (SSSR count). The van der Waals surface area contributed by atoms with Crippen LogP contribution in [0.1, 0.15) is 29.8 Å². The second-order valence-corrected chi connectivity index (χ2v) is 3.16. The lowest BCUT2D eigenvalue weighted by atomic mass is 10.1. The lowest BCUT2D eigenvalue weighted by Gasteiger charge is -2.09. The molecule has 0 aliphatic heterocycles. The predicted molar refractivity (Wildman–Crippen MR) is 54.0 cm³/mol. The van der Waals surface area contributed by atoms with Gasteiger partial charge in [-0.3, -0.25) is 4.79 Å². The first kappa shape index (κ1) is 12.2. The van der Waals surface area contributed by atoms with E-state index in [2.05, 4.69) is 0 Å². The zero-order chi connectivity index (χ0) is 12.3. The van der Waals surface area contributed by atoms with Crippen LogP contribution in [0.3, 0.4) is 0 Å². The van der Waals surface area contributed by atoms with Gasteiger partial charge in [-0.1, -0.05) is 6.92 Å². The molecule has 1 aromatic carbocycles. The van der Waals surface area contributed by atoms with E-state index >= 15 is 0 Å². The molecule has 1 N–H and O–H groups in total. The molecule has 0 unspecified atom stereocenters. The Morgan fingerprint density at radius 1 is 1.44 bits per heavy atom. The topological polar surface area (TPSA) is 63.6 Å². The van der Waals surface area contributed by atoms with Crippen LogP contribution in [0.5, 0.6) is 5.75 Å². The molecule has 16 heavy (non-hydrogen) atoms. The molecule has 0 amide bonds. The first-order valence-corrected chi connectivity index (χ1v) is 4.70. The minimum Gasteiger partial charge on any atom is -0.478 e. The minimum absolute atomic E-state index is 0.0671. The molecule has 0 spiro atoms. The standard InChI is InChI=1S/C11H11FO4/c1-3-7-9(16-6(2)13)5-4-8(10(7)12)11(14)15/h4-5H,3H2,1-2H3,(H,14,15). The van der Waals surface area contributed by atoms with Gasteiger partial charge in [0.15, 0.2) is 0 Å². The van der Waals surface area contributed by atoms with Crippen LogP contribution in [-0.4, -0.2) is 17.0 Å². The molecule has 4 nitrogen and oxygen atoms in total. The van der Waals surface area contributed by atoms with Gasteiger partial charge in [-0.15, -0.1) is 0 Å². The summed E-state index contributed by atoms with van der Waals surface area (Å²) in [6, 6.07) is 2.36. The van der Waals surface area contributed by atoms with E-state index in [4.69, 9.17) is 9.84 Å². The van der Waals surface area contributed by atoms with E-state index in [1.165, 1.54) is 13.0 Å². The second kappa shape index (κ2) is 4.74. The van der Waals surface area contributed by atoms with E-state index in [-0.39, 0.29) is 17.7 Å². The Morgan fingerprint density at radius 3 is 2.50 bits per heavy atom. The number of esters is 1. The predicted octanol–water partition coefficient (Wildman–Crippen LogP) is 2.01. The van der Waals surface area contributed by atoms with Crippen LogP contribution < -0.4 is 4.74 Å². The first-order valence-electron chi connectivity index (χ1n) is 4.70. The van der Waals surface area contributed by atoms with Gasteiger partial charge in [0.25, 0.3) is 0 Å².